The maximum absolute atomic E-state index is 10.7. The van der Waals surface area contributed by atoms with Gasteiger partial charge in [0.1, 0.15) is 6.61 Å². The van der Waals surface area contributed by atoms with Crippen LogP contribution in [0.25, 0.3) is 0 Å². The Balaban J connectivity index is 3.40. The quantitative estimate of drug-likeness (QED) is 0.598. The average Bonchev–Trinajstić information content (AvgIpc) is 1.82. The number of amides is 1. The Morgan fingerprint density at radius 3 is 2.50 bits per heavy atom. The maximum Gasteiger partial charge on any atom is 0.409 e. The minimum Gasteiger partial charge on any atom is -0.448 e. The molecule has 0 aliphatic rings. The number of carbonyl (C=O) groups is 1. The van der Waals surface area contributed by atoms with Crippen molar-refractivity contribution in [1.29, 1.82) is 0 Å². The number of rotatable bonds is 2. The van der Waals surface area contributed by atoms with E-state index in [0.29, 0.717) is 0 Å². The lowest BCUT2D eigenvalue weighted by atomic mass is 10.4. The van der Waals surface area contributed by atoms with E-state index in [2.05, 4.69) is 0 Å². The van der Waals surface area contributed by atoms with Gasteiger partial charge in [-0.2, -0.15) is 0 Å². The van der Waals surface area contributed by atoms with Gasteiger partial charge in [0.15, 0.2) is 0 Å². The predicted molar refractivity (Wildman–Crippen MR) is 38.7 cm³/mol. The predicted octanol–water partition coefficient (Wildman–Crippen LogP) is 0.0318. The standard InChI is InChI=1S/C6H14N2O2/c1-5(7)4-10-6(9)8(2)3/h5H,4,7H2,1-3H3/t5-/m1/s1. The molecular weight excluding hydrogens is 132 g/mol. The van der Waals surface area contributed by atoms with E-state index in [0.717, 1.165) is 0 Å². The molecule has 10 heavy (non-hydrogen) atoms. The lowest BCUT2D eigenvalue weighted by Crippen LogP contribution is -2.29. The van der Waals surface area contributed by atoms with Gasteiger partial charge in [-0.15, -0.1) is 0 Å². The Morgan fingerprint density at radius 1 is 1.70 bits per heavy atom. The second-order valence-corrected chi connectivity index (χ2v) is 2.45. The highest BCUT2D eigenvalue weighted by molar-refractivity contribution is 5.66. The Bertz CT molecular complexity index is 112. The highest BCUT2D eigenvalue weighted by Crippen LogP contribution is 1.86. The lowest BCUT2D eigenvalue weighted by molar-refractivity contribution is 0.114. The Morgan fingerprint density at radius 2 is 2.20 bits per heavy atom. The van der Waals surface area contributed by atoms with Gasteiger partial charge in [-0.3, -0.25) is 0 Å². The number of carbonyl (C=O) groups excluding carboxylic acids is 1. The third kappa shape index (κ3) is 4.14. The minimum absolute atomic E-state index is 0.0936. The van der Waals surface area contributed by atoms with Crippen LogP contribution < -0.4 is 5.73 Å². The molecule has 0 rings (SSSR count). The Labute approximate surface area is 60.9 Å². The molecule has 0 bridgehead atoms. The van der Waals surface area contributed by atoms with Crippen molar-refractivity contribution in [2.75, 3.05) is 20.7 Å². The summed E-state index contributed by atoms with van der Waals surface area (Å²) < 4.78 is 4.73. The molecule has 0 aliphatic heterocycles. The Hall–Kier alpha value is -0.770. The monoisotopic (exact) mass is 146 g/mol. The molecule has 0 unspecified atom stereocenters. The summed E-state index contributed by atoms with van der Waals surface area (Å²) in [5.41, 5.74) is 5.35. The first-order chi connectivity index (χ1) is 4.54. The summed E-state index contributed by atoms with van der Waals surface area (Å²) in [6, 6.07) is -0.0936. The van der Waals surface area contributed by atoms with E-state index in [4.69, 9.17) is 10.5 Å². The molecule has 0 saturated heterocycles. The van der Waals surface area contributed by atoms with Gasteiger partial charge < -0.3 is 15.4 Å². The molecule has 0 aromatic rings. The molecule has 1 atom stereocenters. The maximum atomic E-state index is 10.7. The molecule has 0 aromatic heterocycles. The molecule has 0 aliphatic carbocycles. The number of ether oxygens (including phenoxy) is 1. The van der Waals surface area contributed by atoms with Crippen molar-refractivity contribution >= 4 is 6.09 Å². The van der Waals surface area contributed by atoms with E-state index in [1.807, 2.05) is 0 Å². The van der Waals surface area contributed by atoms with E-state index in [1.165, 1.54) is 4.90 Å². The van der Waals surface area contributed by atoms with Crippen LogP contribution in [0.15, 0.2) is 0 Å². The van der Waals surface area contributed by atoms with Crippen LogP contribution in [0.5, 0.6) is 0 Å². The molecule has 1 amide bonds. The summed E-state index contributed by atoms with van der Waals surface area (Å²) in [6.45, 7) is 2.06. The van der Waals surface area contributed by atoms with Crippen molar-refractivity contribution in [3.8, 4) is 0 Å². The van der Waals surface area contributed by atoms with Crippen molar-refractivity contribution in [3.05, 3.63) is 0 Å². The number of nitrogens with zero attached hydrogens (tertiary/aromatic N) is 1. The SMILES string of the molecule is C[C@@H](N)COC(=O)N(C)C. The molecule has 4 heteroatoms. The van der Waals surface area contributed by atoms with Gasteiger partial charge in [0, 0.05) is 20.1 Å². The van der Waals surface area contributed by atoms with Gasteiger partial charge >= 0.3 is 6.09 Å². The van der Waals surface area contributed by atoms with E-state index >= 15 is 0 Å². The van der Waals surface area contributed by atoms with Crippen molar-refractivity contribution in [2.45, 2.75) is 13.0 Å². The molecule has 0 heterocycles. The normalized spacial score (nSPS) is 12.4. The van der Waals surface area contributed by atoms with E-state index in [9.17, 15) is 4.79 Å². The molecule has 2 N–H and O–H groups in total. The van der Waals surface area contributed by atoms with Gasteiger partial charge in [0.25, 0.3) is 0 Å². The molecule has 0 aromatic carbocycles. The second kappa shape index (κ2) is 4.11. The highest BCUT2D eigenvalue weighted by Gasteiger charge is 2.04. The summed E-state index contributed by atoms with van der Waals surface area (Å²) >= 11 is 0. The molecule has 0 fully saturated rings. The minimum atomic E-state index is -0.350. The number of nitrogens with two attached hydrogens (primary N) is 1. The largest absolute Gasteiger partial charge is 0.448 e. The molecule has 4 nitrogen and oxygen atoms in total. The fourth-order valence-corrected chi connectivity index (χ4v) is 0.332. The zero-order valence-corrected chi connectivity index (χ0v) is 6.63. The van der Waals surface area contributed by atoms with E-state index < -0.39 is 0 Å². The van der Waals surface area contributed by atoms with Crippen molar-refractivity contribution in [1.82, 2.24) is 4.90 Å². The first kappa shape index (κ1) is 9.23. The fraction of sp³-hybridized carbons (Fsp3) is 0.833. The average molecular weight is 146 g/mol. The second-order valence-electron chi connectivity index (χ2n) is 2.45. The van der Waals surface area contributed by atoms with E-state index in [-0.39, 0.29) is 18.7 Å². The highest BCUT2D eigenvalue weighted by atomic mass is 16.6. The van der Waals surface area contributed by atoms with Gasteiger partial charge in [-0.1, -0.05) is 0 Å². The number of hydrogen-bond acceptors (Lipinski definition) is 3. The summed E-state index contributed by atoms with van der Waals surface area (Å²) in [5.74, 6) is 0. The smallest absolute Gasteiger partial charge is 0.409 e. The third-order valence-corrected chi connectivity index (χ3v) is 0.835. The number of hydrogen-bond donors (Lipinski definition) is 1. The zero-order chi connectivity index (χ0) is 8.15. The van der Waals surface area contributed by atoms with Crippen LogP contribution in [0.2, 0.25) is 0 Å². The molecule has 60 valence electrons. The van der Waals surface area contributed by atoms with Crippen LogP contribution in [0.1, 0.15) is 6.92 Å². The molecule has 0 radical (unpaired) electrons. The third-order valence-electron chi connectivity index (χ3n) is 0.835. The Kier molecular flexibility index (Phi) is 3.79. The van der Waals surface area contributed by atoms with Crippen LogP contribution >= 0.6 is 0 Å². The molecule has 0 saturated carbocycles. The van der Waals surface area contributed by atoms with Gasteiger partial charge in [0.05, 0.1) is 0 Å². The van der Waals surface area contributed by atoms with Crippen LogP contribution in [0, 0.1) is 0 Å². The first-order valence-electron chi connectivity index (χ1n) is 3.13. The summed E-state index contributed by atoms with van der Waals surface area (Å²) in [4.78, 5) is 12.1. The van der Waals surface area contributed by atoms with Crippen molar-refractivity contribution in [2.24, 2.45) is 5.73 Å². The van der Waals surface area contributed by atoms with Crippen molar-refractivity contribution in [3.63, 3.8) is 0 Å². The van der Waals surface area contributed by atoms with Gasteiger partial charge in [-0.25, -0.2) is 4.79 Å². The lowest BCUT2D eigenvalue weighted by Gasteiger charge is -2.11. The first-order valence-corrected chi connectivity index (χ1v) is 3.13. The van der Waals surface area contributed by atoms with Gasteiger partial charge in [0.2, 0.25) is 0 Å². The van der Waals surface area contributed by atoms with E-state index in [1.54, 1.807) is 21.0 Å². The molecular formula is C6H14N2O2. The van der Waals surface area contributed by atoms with Crippen LogP contribution in [-0.4, -0.2) is 37.7 Å². The summed E-state index contributed by atoms with van der Waals surface area (Å²) in [5, 5.41) is 0. The summed E-state index contributed by atoms with van der Waals surface area (Å²) in [7, 11) is 3.26. The molecule has 0 spiro atoms. The van der Waals surface area contributed by atoms with Crippen LogP contribution in [-0.2, 0) is 4.74 Å². The van der Waals surface area contributed by atoms with Crippen LogP contribution in [0.4, 0.5) is 4.79 Å². The fourth-order valence-electron chi connectivity index (χ4n) is 0.332. The van der Waals surface area contributed by atoms with Crippen LogP contribution in [0.3, 0.4) is 0 Å². The summed E-state index contributed by atoms with van der Waals surface area (Å²) in [6.07, 6.45) is -0.350. The van der Waals surface area contributed by atoms with Gasteiger partial charge in [-0.05, 0) is 6.92 Å². The topological polar surface area (TPSA) is 55.6 Å². The van der Waals surface area contributed by atoms with Crippen molar-refractivity contribution < 1.29 is 9.53 Å². The zero-order valence-electron chi connectivity index (χ0n) is 6.63.